The molecule has 0 aliphatic heterocycles. The van der Waals surface area contributed by atoms with Gasteiger partial charge in [-0.1, -0.05) is 41.9 Å². The van der Waals surface area contributed by atoms with Gasteiger partial charge < -0.3 is 14.4 Å². The fourth-order valence-electron chi connectivity index (χ4n) is 3.45. The van der Waals surface area contributed by atoms with E-state index in [2.05, 4.69) is 4.90 Å². The second-order valence-electron chi connectivity index (χ2n) is 7.15. The maximum Gasteiger partial charge on any atom is 0.148 e. The summed E-state index contributed by atoms with van der Waals surface area (Å²) in [6.45, 7) is 1.15. The Morgan fingerprint density at radius 1 is 0.839 bits per heavy atom. The molecule has 1 heterocycles. The van der Waals surface area contributed by atoms with Crippen molar-refractivity contribution in [3.8, 4) is 11.5 Å². The van der Waals surface area contributed by atoms with Gasteiger partial charge in [-0.25, -0.2) is 9.37 Å². The predicted octanol–water partition coefficient (Wildman–Crippen LogP) is 6.25. The first-order valence-corrected chi connectivity index (χ1v) is 10.2. The number of methoxy groups -OCH3 is 2. The van der Waals surface area contributed by atoms with E-state index in [1.54, 1.807) is 32.4 Å². The molecule has 158 valence electrons. The summed E-state index contributed by atoms with van der Waals surface area (Å²) >= 11 is 6.59. The fourth-order valence-corrected chi connectivity index (χ4v) is 3.73. The average Bonchev–Trinajstić information content (AvgIpc) is 2.80. The predicted molar refractivity (Wildman–Crippen MR) is 123 cm³/mol. The normalized spacial score (nSPS) is 10.8. The molecule has 0 aliphatic carbocycles. The zero-order valence-electron chi connectivity index (χ0n) is 17.3. The molecule has 0 amide bonds. The molecule has 4 rings (SSSR count). The van der Waals surface area contributed by atoms with Crippen molar-refractivity contribution in [2.45, 2.75) is 13.1 Å². The zero-order chi connectivity index (χ0) is 21.8. The van der Waals surface area contributed by atoms with E-state index in [0.717, 1.165) is 22.6 Å². The van der Waals surface area contributed by atoms with Crippen molar-refractivity contribution in [2.75, 3.05) is 19.1 Å². The maximum absolute atomic E-state index is 14.2. The lowest BCUT2D eigenvalue weighted by atomic mass is 10.1. The van der Waals surface area contributed by atoms with Gasteiger partial charge in [-0.3, -0.25) is 0 Å². The third-order valence-electron chi connectivity index (χ3n) is 5.11. The minimum Gasteiger partial charge on any atom is -0.497 e. The van der Waals surface area contributed by atoms with Gasteiger partial charge in [-0.2, -0.15) is 0 Å². The summed E-state index contributed by atoms with van der Waals surface area (Å²) in [4.78, 5) is 6.78. The highest BCUT2D eigenvalue weighted by molar-refractivity contribution is 6.33. The summed E-state index contributed by atoms with van der Waals surface area (Å²) < 4.78 is 24.7. The highest BCUT2D eigenvalue weighted by atomic mass is 35.5. The number of nitrogens with zero attached hydrogens (tertiary/aromatic N) is 2. The number of aromatic nitrogens is 1. The molecule has 0 spiro atoms. The summed E-state index contributed by atoms with van der Waals surface area (Å²) in [5.74, 6) is 1.85. The molecule has 0 saturated carbocycles. The first-order chi connectivity index (χ1) is 15.1. The summed E-state index contributed by atoms with van der Waals surface area (Å²) in [7, 11) is 3.28. The summed E-state index contributed by atoms with van der Waals surface area (Å²) in [6, 6.07) is 22.2. The van der Waals surface area contributed by atoms with E-state index >= 15 is 0 Å². The van der Waals surface area contributed by atoms with E-state index in [1.165, 1.54) is 6.07 Å². The lowest BCUT2D eigenvalue weighted by Crippen LogP contribution is -2.23. The largest absolute Gasteiger partial charge is 0.497 e. The van der Waals surface area contributed by atoms with E-state index in [1.807, 2.05) is 48.5 Å². The number of anilines is 1. The highest BCUT2D eigenvalue weighted by Crippen LogP contribution is 2.31. The molecule has 4 nitrogen and oxygen atoms in total. The van der Waals surface area contributed by atoms with E-state index < -0.39 is 0 Å². The lowest BCUT2D eigenvalue weighted by Gasteiger charge is -2.25. The molecule has 0 aliphatic rings. The fraction of sp³-hybridized carbons (Fsp3) is 0.160. The second kappa shape index (κ2) is 9.23. The smallest absolute Gasteiger partial charge is 0.148 e. The third kappa shape index (κ3) is 4.72. The molecule has 0 unspecified atom stereocenters. The van der Waals surface area contributed by atoms with Crippen LogP contribution in [0.25, 0.3) is 10.9 Å². The number of hydrogen-bond donors (Lipinski definition) is 0. The number of benzene rings is 3. The van der Waals surface area contributed by atoms with E-state index in [0.29, 0.717) is 34.8 Å². The molecule has 0 bridgehead atoms. The number of fused-ring (bicyclic) bond motifs is 1. The van der Waals surface area contributed by atoms with Crippen molar-refractivity contribution in [3.63, 3.8) is 0 Å². The Morgan fingerprint density at radius 2 is 1.39 bits per heavy atom. The van der Waals surface area contributed by atoms with Crippen molar-refractivity contribution < 1.29 is 13.9 Å². The van der Waals surface area contributed by atoms with Crippen molar-refractivity contribution in [1.82, 2.24) is 4.98 Å². The summed E-state index contributed by atoms with van der Waals surface area (Å²) in [6.07, 6.45) is 0. The average molecular weight is 437 g/mol. The maximum atomic E-state index is 14.2. The lowest BCUT2D eigenvalue weighted by molar-refractivity contribution is 0.414. The van der Waals surface area contributed by atoms with Crippen LogP contribution < -0.4 is 14.4 Å². The molecule has 1 aromatic heterocycles. The number of hydrogen-bond acceptors (Lipinski definition) is 4. The summed E-state index contributed by atoms with van der Waals surface area (Å²) in [5, 5.41) is 0.810. The van der Waals surface area contributed by atoms with Crippen LogP contribution in [0.5, 0.6) is 11.5 Å². The quantitative estimate of drug-likeness (QED) is 0.343. The van der Waals surface area contributed by atoms with Crippen molar-refractivity contribution in [3.05, 3.63) is 94.8 Å². The second-order valence-corrected chi connectivity index (χ2v) is 7.56. The highest BCUT2D eigenvalue weighted by Gasteiger charge is 2.16. The Kier molecular flexibility index (Phi) is 6.23. The molecule has 0 radical (unpaired) electrons. The minimum atomic E-state index is -0.338. The first kappa shape index (κ1) is 20.9. The third-order valence-corrected chi connectivity index (χ3v) is 5.38. The van der Waals surface area contributed by atoms with Crippen LogP contribution in [0.3, 0.4) is 0 Å². The van der Waals surface area contributed by atoms with Gasteiger partial charge in [0.25, 0.3) is 0 Å². The van der Waals surface area contributed by atoms with Crippen molar-refractivity contribution >= 4 is 28.3 Å². The first-order valence-electron chi connectivity index (χ1n) is 9.83. The SMILES string of the molecule is COc1ccc(CN(Cc2ccc(OC)cc2)c2nc3cccc(F)c3cc2Cl)cc1. The van der Waals surface area contributed by atoms with Crippen LogP contribution in [-0.2, 0) is 13.1 Å². The van der Waals surface area contributed by atoms with Crippen LogP contribution in [0, 0.1) is 5.82 Å². The van der Waals surface area contributed by atoms with Gasteiger partial charge in [-0.15, -0.1) is 0 Å². The zero-order valence-corrected chi connectivity index (χ0v) is 18.1. The van der Waals surface area contributed by atoms with Gasteiger partial charge >= 0.3 is 0 Å². The van der Waals surface area contributed by atoms with Crippen LogP contribution >= 0.6 is 11.6 Å². The molecule has 0 N–H and O–H groups in total. The van der Waals surface area contributed by atoms with Crippen LogP contribution in [-0.4, -0.2) is 19.2 Å². The van der Waals surface area contributed by atoms with Gasteiger partial charge in [0.15, 0.2) is 0 Å². The number of ether oxygens (including phenoxy) is 2. The van der Waals surface area contributed by atoms with Gasteiger partial charge in [0.1, 0.15) is 23.1 Å². The Hall–Kier alpha value is -3.31. The summed E-state index contributed by atoms with van der Waals surface area (Å²) in [5.41, 5.74) is 2.71. The Balaban J connectivity index is 1.73. The molecule has 0 fully saturated rings. The number of halogens is 2. The number of pyridine rings is 1. The van der Waals surface area contributed by atoms with Crippen molar-refractivity contribution in [1.29, 1.82) is 0 Å². The van der Waals surface area contributed by atoms with Gasteiger partial charge in [0.2, 0.25) is 0 Å². The monoisotopic (exact) mass is 436 g/mol. The van der Waals surface area contributed by atoms with Crippen LogP contribution in [0.2, 0.25) is 5.02 Å². The Morgan fingerprint density at radius 3 is 1.90 bits per heavy atom. The van der Waals surface area contributed by atoms with Crippen LogP contribution in [0.1, 0.15) is 11.1 Å². The van der Waals surface area contributed by atoms with Gasteiger partial charge in [-0.05, 0) is 53.6 Å². The van der Waals surface area contributed by atoms with Gasteiger partial charge in [0.05, 0.1) is 24.8 Å². The Bertz CT molecular complexity index is 1130. The topological polar surface area (TPSA) is 34.6 Å². The molecule has 6 heteroatoms. The molecule has 3 aromatic carbocycles. The molecular weight excluding hydrogens is 415 g/mol. The van der Waals surface area contributed by atoms with Crippen LogP contribution in [0.4, 0.5) is 10.2 Å². The van der Waals surface area contributed by atoms with Gasteiger partial charge in [0, 0.05) is 18.5 Å². The van der Waals surface area contributed by atoms with E-state index in [-0.39, 0.29) is 5.82 Å². The minimum absolute atomic E-state index is 0.338. The molecule has 31 heavy (non-hydrogen) atoms. The molecule has 0 atom stereocenters. The molecule has 0 saturated heterocycles. The molecular formula is C25H22ClFN2O2. The number of rotatable bonds is 7. The standard InChI is InChI=1S/C25H22ClFN2O2/c1-30-19-10-6-17(7-11-19)15-29(16-18-8-12-20(31-2)13-9-18)25-22(26)14-21-23(27)4-3-5-24(21)28-25/h3-14H,15-16H2,1-2H3. The molecule has 4 aromatic rings. The van der Waals surface area contributed by atoms with E-state index in [4.69, 9.17) is 26.1 Å². The van der Waals surface area contributed by atoms with E-state index in [9.17, 15) is 4.39 Å². The van der Waals surface area contributed by atoms with Crippen molar-refractivity contribution in [2.24, 2.45) is 0 Å². The Labute approximate surface area is 185 Å². The van der Waals surface area contributed by atoms with Crippen LogP contribution in [0.15, 0.2) is 72.8 Å².